The topological polar surface area (TPSA) is 84.7 Å². The van der Waals surface area contributed by atoms with Gasteiger partial charge in [-0.1, -0.05) is 57.9 Å². The van der Waals surface area contributed by atoms with E-state index in [-0.39, 0.29) is 24.4 Å². The highest BCUT2D eigenvalue weighted by atomic mass is 19.1. The number of hydrogen-bond donors (Lipinski definition) is 2. The second-order valence-corrected chi connectivity index (χ2v) is 11.5. The zero-order chi connectivity index (χ0) is 32.1. The van der Waals surface area contributed by atoms with Crippen LogP contribution in [0.1, 0.15) is 89.4 Å². The molecule has 8 heteroatoms. The molecule has 1 amide bonds. The minimum atomic E-state index is -0.812. The summed E-state index contributed by atoms with van der Waals surface area (Å²) in [7, 11) is 0. The summed E-state index contributed by atoms with van der Waals surface area (Å²) in [5.74, 6) is -2.11. The summed E-state index contributed by atoms with van der Waals surface area (Å²) in [4.78, 5) is 28.9. The highest BCUT2D eigenvalue weighted by molar-refractivity contribution is 5.98. The average Bonchev–Trinajstić information content (AvgIpc) is 2.99. The molecule has 0 aromatic heterocycles. The summed E-state index contributed by atoms with van der Waals surface area (Å²) in [6.07, 6.45) is 3.96. The molecule has 0 aliphatic rings. The Bertz CT molecular complexity index is 1350. The molecule has 0 fully saturated rings. The molecule has 238 valence electrons. The summed E-state index contributed by atoms with van der Waals surface area (Å²) in [6.45, 7) is 10.2. The van der Waals surface area contributed by atoms with Crippen LogP contribution < -0.4 is 11.1 Å². The monoisotopic (exact) mass is 607 g/mol. The van der Waals surface area contributed by atoms with Crippen molar-refractivity contribution in [2.45, 2.75) is 84.9 Å². The number of carbonyl (C=O) groups is 2. The number of aryl methyl sites for hydroxylation is 2. The number of nitrogens with one attached hydrogen (secondary N) is 1. The lowest BCUT2D eigenvalue weighted by Crippen LogP contribution is -2.46. The molecule has 0 radical (unpaired) electrons. The number of nitrogens with zero attached hydrogens (tertiary/aromatic N) is 1. The minimum Gasteiger partial charge on any atom is -0.456 e. The van der Waals surface area contributed by atoms with Crippen molar-refractivity contribution >= 4 is 11.9 Å². The van der Waals surface area contributed by atoms with Gasteiger partial charge >= 0.3 is 5.97 Å². The van der Waals surface area contributed by atoms with E-state index in [2.05, 4.69) is 38.2 Å². The molecule has 2 atom stereocenters. The lowest BCUT2D eigenvalue weighted by atomic mass is 10.0. The highest BCUT2D eigenvalue weighted by Gasteiger charge is 2.25. The molecule has 0 bridgehead atoms. The first-order valence-electron chi connectivity index (χ1n) is 15.7. The van der Waals surface area contributed by atoms with Crippen molar-refractivity contribution in [1.29, 1.82) is 0 Å². The van der Waals surface area contributed by atoms with E-state index >= 15 is 0 Å². The van der Waals surface area contributed by atoms with Gasteiger partial charge in [-0.25, -0.2) is 13.6 Å². The van der Waals surface area contributed by atoms with Crippen LogP contribution >= 0.6 is 0 Å². The Kier molecular flexibility index (Phi) is 14.0. The molecule has 0 spiro atoms. The molecular formula is C36H47F2N3O3. The van der Waals surface area contributed by atoms with E-state index in [9.17, 15) is 18.4 Å². The van der Waals surface area contributed by atoms with E-state index in [0.29, 0.717) is 30.8 Å². The predicted octanol–water partition coefficient (Wildman–Crippen LogP) is 6.76. The molecular weight excluding hydrogens is 560 g/mol. The van der Waals surface area contributed by atoms with Gasteiger partial charge in [-0.15, -0.1) is 0 Å². The maximum absolute atomic E-state index is 13.9. The zero-order valence-electron chi connectivity index (χ0n) is 26.5. The Morgan fingerprint density at radius 1 is 0.864 bits per heavy atom. The molecule has 0 saturated heterocycles. The number of unbranched alkanes of at least 4 members (excludes halogenated alkanes) is 2. The first kappa shape index (κ1) is 34.9. The highest BCUT2D eigenvalue weighted by Crippen LogP contribution is 2.18. The standard InChI is InChI=1S/C36H47F2N3O3/c1-5-8-13-41(14-9-6-2)35(42)29-15-25(4)16-30(21-29)36(43)44-34(24-40-23-27-12-10-11-26(7-3)17-27)33(39)20-28-18-31(37)22-32(38)19-28/h10-12,15-19,21-22,33-34,40H,5-9,13-14,20,23-24,39H2,1-4H3. The smallest absolute Gasteiger partial charge is 0.338 e. The number of esters is 1. The van der Waals surface area contributed by atoms with Crippen molar-refractivity contribution in [2.75, 3.05) is 19.6 Å². The third-order valence-corrected chi connectivity index (χ3v) is 7.61. The fraction of sp³-hybridized carbons (Fsp3) is 0.444. The maximum atomic E-state index is 13.9. The van der Waals surface area contributed by atoms with Gasteiger partial charge in [-0.3, -0.25) is 4.79 Å². The SMILES string of the molecule is CCCCN(CCCC)C(=O)c1cc(C)cc(C(=O)OC(CNCc2cccc(CC)c2)C(N)Cc2cc(F)cc(F)c2)c1. The molecule has 0 aliphatic heterocycles. The molecule has 6 nitrogen and oxygen atoms in total. The van der Waals surface area contributed by atoms with Gasteiger partial charge in [0.2, 0.25) is 0 Å². The Hall–Kier alpha value is -3.62. The number of amides is 1. The molecule has 3 aromatic carbocycles. The third-order valence-electron chi connectivity index (χ3n) is 7.61. The van der Waals surface area contributed by atoms with E-state index in [0.717, 1.165) is 49.3 Å². The van der Waals surface area contributed by atoms with Crippen LogP contribution in [0.2, 0.25) is 0 Å². The summed E-state index contributed by atoms with van der Waals surface area (Å²) in [5.41, 5.74) is 10.6. The van der Waals surface area contributed by atoms with Crippen LogP contribution in [0.15, 0.2) is 60.7 Å². The van der Waals surface area contributed by atoms with Gasteiger partial charge < -0.3 is 20.7 Å². The van der Waals surface area contributed by atoms with Crippen molar-refractivity contribution in [2.24, 2.45) is 5.73 Å². The summed E-state index contributed by atoms with van der Waals surface area (Å²) >= 11 is 0. The van der Waals surface area contributed by atoms with Crippen LogP contribution in [0.3, 0.4) is 0 Å². The van der Waals surface area contributed by atoms with Gasteiger partial charge in [-0.05, 0) is 85.2 Å². The van der Waals surface area contributed by atoms with Crippen molar-refractivity contribution < 1.29 is 23.1 Å². The number of ether oxygens (including phenoxy) is 1. The number of rotatable bonds is 17. The fourth-order valence-electron chi connectivity index (χ4n) is 5.16. The number of benzene rings is 3. The first-order chi connectivity index (χ1) is 21.1. The second kappa shape index (κ2) is 17.6. The van der Waals surface area contributed by atoms with E-state index < -0.39 is 29.7 Å². The number of halogens is 2. The molecule has 0 saturated carbocycles. The second-order valence-electron chi connectivity index (χ2n) is 11.5. The predicted molar refractivity (Wildman–Crippen MR) is 172 cm³/mol. The van der Waals surface area contributed by atoms with Gasteiger partial charge in [0.15, 0.2) is 0 Å². The normalized spacial score (nSPS) is 12.5. The molecule has 3 aromatic rings. The first-order valence-corrected chi connectivity index (χ1v) is 15.7. The van der Waals surface area contributed by atoms with Gasteiger partial charge in [-0.2, -0.15) is 0 Å². The van der Waals surface area contributed by atoms with Crippen LogP contribution in [0, 0.1) is 18.6 Å². The molecule has 3 N–H and O–H groups in total. The quantitative estimate of drug-likeness (QED) is 0.166. The van der Waals surface area contributed by atoms with Crippen LogP contribution in [-0.2, 0) is 24.1 Å². The van der Waals surface area contributed by atoms with Crippen LogP contribution in [0.4, 0.5) is 8.78 Å². The minimum absolute atomic E-state index is 0.0982. The molecule has 44 heavy (non-hydrogen) atoms. The number of carbonyl (C=O) groups excluding carboxylic acids is 2. The Labute approximate surface area is 261 Å². The van der Waals surface area contributed by atoms with Gasteiger partial charge in [0, 0.05) is 43.9 Å². The summed E-state index contributed by atoms with van der Waals surface area (Å²) in [6, 6.07) is 15.8. The van der Waals surface area contributed by atoms with Crippen molar-refractivity contribution in [3.8, 4) is 0 Å². The van der Waals surface area contributed by atoms with Gasteiger partial charge in [0.05, 0.1) is 5.56 Å². The maximum Gasteiger partial charge on any atom is 0.338 e. The zero-order valence-corrected chi connectivity index (χ0v) is 26.5. The molecule has 0 heterocycles. The van der Waals surface area contributed by atoms with E-state index in [1.807, 2.05) is 24.0 Å². The van der Waals surface area contributed by atoms with Crippen LogP contribution in [0.25, 0.3) is 0 Å². The summed E-state index contributed by atoms with van der Waals surface area (Å²) in [5, 5.41) is 3.33. The number of nitrogens with two attached hydrogens (primary N) is 1. The molecule has 0 aliphatic carbocycles. The summed E-state index contributed by atoms with van der Waals surface area (Å²) < 4.78 is 33.7. The van der Waals surface area contributed by atoms with Crippen molar-refractivity contribution in [1.82, 2.24) is 10.2 Å². The Morgan fingerprint density at radius 3 is 2.14 bits per heavy atom. The van der Waals surface area contributed by atoms with E-state index in [1.165, 1.54) is 17.7 Å². The Balaban J connectivity index is 1.81. The van der Waals surface area contributed by atoms with Crippen molar-refractivity contribution in [3.63, 3.8) is 0 Å². The lowest BCUT2D eigenvalue weighted by Gasteiger charge is -2.25. The largest absolute Gasteiger partial charge is 0.456 e. The fourth-order valence-corrected chi connectivity index (χ4v) is 5.16. The van der Waals surface area contributed by atoms with E-state index in [1.54, 1.807) is 18.2 Å². The Morgan fingerprint density at radius 2 is 1.50 bits per heavy atom. The van der Waals surface area contributed by atoms with Gasteiger partial charge in [0.25, 0.3) is 5.91 Å². The molecule has 3 rings (SSSR count). The molecule has 2 unspecified atom stereocenters. The lowest BCUT2D eigenvalue weighted by molar-refractivity contribution is 0.0238. The van der Waals surface area contributed by atoms with Crippen LogP contribution in [-0.4, -0.2) is 48.6 Å². The van der Waals surface area contributed by atoms with E-state index in [4.69, 9.17) is 10.5 Å². The van der Waals surface area contributed by atoms with Crippen LogP contribution in [0.5, 0.6) is 0 Å². The average molecular weight is 608 g/mol. The third kappa shape index (κ3) is 10.8. The van der Waals surface area contributed by atoms with Gasteiger partial charge in [0.1, 0.15) is 17.7 Å². The van der Waals surface area contributed by atoms with Crippen molar-refractivity contribution in [3.05, 3.63) is 106 Å². The number of hydrogen-bond acceptors (Lipinski definition) is 5.